The molecule has 0 amide bonds. The smallest absolute Gasteiger partial charge is 0.155 e. The zero-order chi connectivity index (χ0) is 19.9. The molecule has 26 heavy (non-hydrogen) atoms. The third kappa shape index (κ3) is 15.4. The fourth-order valence-corrected chi connectivity index (χ4v) is 3.42. The minimum absolute atomic E-state index is 0.314. The second-order valence-corrected chi connectivity index (χ2v) is 9.07. The maximum atomic E-state index is 12.2. The number of carbonyl (C=O) groups excluding carboxylic acids is 1. The van der Waals surface area contributed by atoms with Gasteiger partial charge in [0, 0.05) is 6.42 Å². The van der Waals surface area contributed by atoms with Crippen LogP contribution in [0.3, 0.4) is 0 Å². The van der Waals surface area contributed by atoms with Gasteiger partial charge in [-0.15, -0.1) is 0 Å². The standard InChI is InChI=1S/C25H46O/c1-8-21(4)13-10-14-22(5)15-11-17-24(7)19-25(26)18-23(6)16-9-12-20(2)3/h12,18,21-22,24H,8-11,13-17,19H2,1-7H3/b23-18+. The highest BCUT2D eigenvalue weighted by Crippen LogP contribution is 2.21. The third-order valence-corrected chi connectivity index (χ3v) is 5.53. The molecule has 0 aromatic carbocycles. The molecule has 0 aliphatic carbocycles. The zero-order valence-corrected chi connectivity index (χ0v) is 18.9. The minimum atomic E-state index is 0.314. The number of allylic oxidation sites excluding steroid dienone is 4. The van der Waals surface area contributed by atoms with Crippen molar-refractivity contribution in [2.45, 2.75) is 113 Å². The first-order valence-electron chi connectivity index (χ1n) is 11.1. The van der Waals surface area contributed by atoms with E-state index in [4.69, 9.17) is 0 Å². The first kappa shape index (κ1) is 25.1. The van der Waals surface area contributed by atoms with Gasteiger partial charge in [-0.3, -0.25) is 4.79 Å². The van der Waals surface area contributed by atoms with Gasteiger partial charge < -0.3 is 0 Å². The molecule has 0 aliphatic rings. The van der Waals surface area contributed by atoms with E-state index < -0.39 is 0 Å². The molecular weight excluding hydrogens is 316 g/mol. The average molecular weight is 363 g/mol. The van der Waals surface area contributed by atoms with Crippen molar-refractivity contribution in [1.82, 2.24) is 0 Å². The molecule has 0 saturated carbocycles. The fourth-order valence-electron chi connectivity index (χ4n) is 3.42. The summed E-state index contributed by atoms with van der Waals surface area (Å²) in [6, 6.07) is 0. The Morgan fingerprint density at radius 2 is 1.38 bits per heavy atom. The van der Waals surface area contributed by atoms with Gasteiger partial charge in [0.15, 0.2) is 5.78 Å². The lowest BCUT2D eigenvalue weighted by atomic mass is 9.91. The van der Waals surface area contributed by atoms with Gasteiger partial charge in [0.2, 0.25) is 0 Å². The van der Waals surface area contributed by atoms with Gasteiger partial charge in [0.25, 0.3) is 0 Å². The minimum Gasteiger partial charge on any atom is -0.295 e. The molecule has 0 heterocycles. The van der Waals surface area contributed by atoms with Crippen LogP contribution in [0, 0.1) is 17.8 Å². The van der Waals surface area contributed by atoms with E-state index in [1.165, 1.54) is 56.1 Å². The lowest BCUT2D eigenvalue weighted by Gasteiger charge is -2.15. The summed E-state index contributed by atoms with van der Waals surface area (Å²) in [6.07, 6.45) is 16.1. The summed E-state index contributed by atoms with van der Waals surface area (Å²) >= 11 is 0. The van der Waals surface area contributed by atoms with Gasteiger partial charge in [-0.25, -0.2) is 0 Å². The van der Waals surface area contributed by atoms with Gasteiger partial charge >= 0.3 is 0 Å². The Balaban J connectivity index is 3.91. The highest BCUT2D eigenvalue weighted by atomic mass is 16.1. The Kier molecular flexibility index (Phi) is 14.7. The maximum absolute atomic E-state index is 12.2. The van der Waals surface area contributed by atoms with Crippen LogP contribution < -0.4 is 0 Å². The van der Waals surface area contributed by atoms with Crippen LogP contribution in [0.4, 0.5) is 0 Å². The van der Waals surface area contributed by atoms with Crippen molar-refractivity contribution >= 4 is 5.78 Å². The number of carbonyl (C=O) groups is 1. The second kappa shape index (κ2) is 15.2. The lowest BCUT2D eigenvalue weighted by molar-refractivity contribution is -0.115. The molecule has 0 bridgehead atoms. The molecule has 1 nitrogen and oxygen atoms in total. The largest absolute Gasteiger partial charge is 0.295 e. The Morgan fingerprint density at radius 3 is 1.92 bits per heavy atom. The zero-order valence-electron chi connectivity index (χ0n) is 18.9. The molecule has 3 unspecified atom stereocenters. The lowest BCUT2D eigenvalue weighted by Crippen LogP contribution is -2.05. The van der Waals surface area contributed by atoms with Crippen molar-refractivity contribution in [1.29, 1.82) is 0 Å². The molecule has 0 spiro atoms. The predicted octanol–water partition coefficient (Wildman–Crippen LogP) is 8.30. The molecule has 1 heteroatoms. The van der Waals surface area contributed by atoms with Crippen LogP contribution in [0.1, 0.15) is 113 Å². The van der Waals surface area contributed by atoms with E-state index in [2.05, 4.69) is 54.5 Å². The number of hydrogen-bond acceptors (Lipinski definition) is 1. The van der Waals surface area contributed by atoms with Gasteiger partial charge in [0.05, 0.1) is 0 Å². The van der Waals surface area contributed by atoms with Gasteiger partial charge in [-0.2, -0.15) is 0 Å². The summed E-state index contributed by atoms with van der Waals surface area (Å²) < 4.78 is 0. The second-order valence-electron chi connectivity index (χ2n) is 9.07. The number of ketones is 1. The monoisotopic (exact) mass is 362 g/mol. The molecule has 0 rings (SSSR count). The maximum Gasteiger partial charge on any atom is 0.155 e. The molecule has 0 aromatic heterocycles. The van der Waals surface area contributed by atoms with Crippen LogP contribution in [0.15, 0.2) is 23.3 Å². The quantitative estimate of drug-likeness (QED) is 0.211. The molecule has 0 aliphatic heterocycles. The van der Waals surface area contributed by atoms with E-state index >= 15 is 0 Å². The van der Waals surface area contributed by atoms with Crippen LogP contribution in [0.2, 0.25) is 0 Å². The van der Waals surface area contributed by atoms with Crippen molar-refractivity contribution < 1.29 is 4.79 Å². The molecule has 0 fully saturated rings. The molecule has 152 valence electrons. The van der Waals surface area contributed by atoms with E-state index in [9.17, 15) is 4.79 Å². The highest BCUT2D eigenvalue weighted by molar-refractivity contribution is 5.90. The normalized spacial score (nSPS) is 15.4. The number of rotatable bonds is 15. The van der Waals surface area contributed by atoms with Crippen LogP contribution >= 0.6 is 0 Å². The summed E-state index contributed by atoms with van der Waals surface area (Å²) in [6.45, 7) is 15.6. The Bertz CT molecular complexity index is 425. The van der Waals surface area contributed by atoms with Crippen LogP contribution in [-0.2, 0) is 4.79 Å². The average Bonchev–Trinajstić information content (AvgIpc) is 2.53. The van der Waals surface area contributed by atoms with Crippen molar-refractivity contribution in [3.63, 3.8) is 0 Å². The molecule has 3 atom stereocenters. The van der Waals surface area contributed by atoms with Crippen molar-refractivity contribution in [3.05, 3.63) is 23.3 Å². The van der Waals surface area contributed by atoms with Crippen molar-refractivity contribution in [2.75, 3.05) is 0 Å². The summed E-state index contributed by atoms with van der Waals surface area (Å²) in [7, 11) is 0. The summed E-state index contributed by atoms with van der Waals surface area (Å²) in [5, 5.41) is 0. The fraction of sp³-hybridized carbons (Fsp3) is 0.800. The van der Waals surface area contributed by atoms with Gasteiger partial charge in [-0.1, -0.05) is 89.9 Å². The highest BCUT2D eigenvalue weighted by Gasteiger charge is 2.10. The van der Waals surface area contributed by atoms with Crippen molar-refractivity contribution in [3.8, 4) is 0 Å². The third-order valence-electron chi connectivity index (χ3n) is 5.53. The Morgan fingerprint density at radius 1 is 0.846 bits per heavy atom. The van der Waals surface area contributed by atoms with Crippen LogP contribution in [0.5, 0.6) is 0 Å². The summed E-state index contributed by atoms with van der Waals surface area (Å²) in [5.74, 6) is 2.54. The van der Waals surface area contributed by atoms with Gasteiger partial charge in [0.1, 0.15) is 0 Å². The molecular formula is C25H46O. The summed E-state index contributed by atoms with van der Waals surface area (Å²) in [4.78, 5) is 12.2. The molecule has 0 N–H and O–H groups in total. The van der Waals surface area contributed by atoms with Crippen LogP contribution in [0.25, 0.3) is 0 Å². The van der Waals surface area contributed by atoms with E-state index in [0.29, 0.717) is 18.1 Å². The first-order valence-corrected chi connectivity index (χ1v) is 11.1. The van der Waals surface area contributed by atoms with Gasteiger partial charge in [-0.05, 0) is 57.4 Å². The molecule has 0 radical (unpaired) electrons. The van der Waals surface area contributed by atoms with Crippen LogP contribution in [-0.4, -0.2) is 5.78 Å². The van der Waals surface area contributed by atoms with Crippen molar-refractivity contribution in [2.24, 2.45) is 17.8 Å². The first-order chi connectivity index (χ1) is 12.2. The van der Waals surface area contributed by atoms with E-state index in [1.54, 1.807) is 0 Å². The number of hydrogen-bond donors (Lipinski definition) is 0. The summed E-state index contributed by atoms with van der Waals surface area (Å²) in [5.41, 5.74) is 2.57. The molecule has 0 aromatic rings. The SMILES string of the molecule is CCC(C)CCCC(C)CCCC(C)CC(=O)/C=C(\C)CCC=C(C)C. The Hall–Kier alpha value is -0.850. The molecule has 0 saturated heterocycles. The predicted molar refractivity (Wildman–Crippen MR) is 118 cm³/mol. The van der Waals surface area contributed by atoms with E-state index in [0.717, 1.165) is 24.7 Å². The topological polar surface area (TPSA) is 17.1 Å². The van der Waals surface area contributed by atoms with E-state index in [-0.39, 0.29) is 0 Å². The van der Waals surface area contributed by atoms with E-state index in [1.807, 2.05) is 6.08 Å². The Labute approximate surface area is 164 Å².